The van der Waals surface area contributed by atoms with Gasteiger partial charge in [-0.15, -0.1) is 11.3 Å². The quantitative estimate of drug-likeness (QED) is 0.641. The zero-order valence-corrected chi connectivity index (χ0v) is 8.69. The number of aliphatic carboxylic acids is 1. The summed E-state index contributed by atoms with van der Waals surface area (Å²) in [4.78, 5) is 23.1. The van der Waals surface area contributed by atoms with Gasteiger partial charge in [0, 0.05) is 0 Å². The maximum Gasteiger partial charge on any atom is 0.317 e. The van der Waals surface area contributed by atoms with E-state index in [1.165, 1.54) is 0 Å². The molecule has 0 aliphatic heterocycles. The van der Waals surface area contributed by atoms with Crippen molar-refractivity contribution >= 4 is 34.7 Å². The summed E-state index contributed by atoms with van der Waals surface area (Å²) in [7, 11) is 0. The van der Waals surface area contributed by atoms with Crippen LogP contribution in [0.1, 0.15) is 22.5 Å². The van der Waals surface area contributed by atoms with Crippen LogP contribution in [0.25, 0.3) is 0 Å². The lowest BCUT2D eigenvalue weighted by Crippen LogP contribution is -2.24. The summed E-state index contributed by atoms with van der Waals surface area (Å²) in [5.41, 5.74) is -1.14. The van der Waals surface area contributed by atoms with Crippen molar-refractivity contribution < 1.29 is 14.7 Å². The molecule has 2 rings (SSSR count). The Bertz CT molecular complexity index is 406. The Morgan fingerprint density at radius 1 is 1.43 bits per heavy atom. The molecular weight excluding hydrogens is 224 g/mol. The number of thiophene rings is 1. The van der Waals surface area contributed by atoms with Gasteiger partial charge in [0.2, 0.25) is 0 Å². The number of ketones is 1. The van der Waals surface area contributed by atoms with Crippen molar-refractivity contribution in [3.05, 3.63) is 21.3 Å². The van der Waals surface area contributed by atoms with Crippen LogP contribution in [0, 0.1) is 5.41 Å². The minimum atomic E-state index is -1.14. The van der Waals surface area contributed by atoms with Gasteiger partial charge in [-0.3, -0.25) is 9.59 Å². The van der Waals surface area contributed by atoms with Crippen LogP contribution >= 0.6 is 22.9 Å². The lowest BCUT2D eigenvalue weighted by atomic mass is 10.0. The number of carbonyl (C=O) groups is 2. The third-order valence-electron chi connectivity index (χ3n) is 2.39. The molecule has 14 heavy (non-hydrogen) atoms. The molecule has 1 aliphatic carbocycles. The molecule has 74 valence electrons. The number of hydrogen-bond donors (Lipinski definition) is 1. The van der Waals surface area contributed by atoms with Crippen LogP contribution in [-0.4, -0.2) is 16.9 Å². The van der Waals surface area contributed by atoms with Gasteiger partial charge in [-0.25, -0.2) is 0 Å². The molecular formula is C9H7ClO3S. The minimum Gasteiger partial charge on any atom is -0.480 e. The smallest absolute Gasteiger partial charge is 0.317 e. The summed E-state index contributed by atoms with van der Waals surface area (Å²) in [6.45, 7) is 0. The highest BCUT2D eigenvalue weighted by atomic mass is 35.5. The van der Waals surface area contributed by atoms with Crippen molar-refractivity contribution in [3.8, 4) is 0 Å². The van der Waals surface area contributed by atoms with Crippen molar-refractivity contribution in [2.75, 3.05) is 0 Å². The molecule has 0 bridgehead atoms. The second-order valence-electron chi connectivity index (χ2n) is 3.32. The monoisotopic (exact) mass is 230 g/mol. The number of hydrogen-bond acceptors (Lipinski definition) is 3. The van der Waals surface area contributed by atoms with Gasteiger partial charge in [0.25, 0.3) is 0 Å². The van der Waals surface area contributed by atoms with E-state index in [1.54, 1.807) is 12.1 Å². The van der Waals surface area contributed by atoms with E-state index in [2.05, 4.69) is 0 Å². The Kier molecular flexibility index (Phi) is 2.12. The van der Waals surface area contributed by atoms with Gasteiger partial charge in [-0.1, -0.05) is 11.6 Å². The molecule has 5 heteroatoms. The number of carboxylic acids is 1. The summed E-state index contributed by atoms with van der Waals surface area (Å²) in [6, 6.07) is 3.19. The number of Topliss-reactive ketones (excluding diaryl/α,β-unsaturated/α-hetero) is 1. The summed E-state index contributed by atoms with van der Waals surface area (Å²) in [5, 5.41) is 8.89. The third kappa shape index (κ3) is 1.35. The van der Waals surface area contributed by atoms with Gasteiger partial charge in [-0.05, 0) is 25.0 Å². The molecule has 0 amide bonds. The maximum absolute atomic E-state index is 11.8. The third-order valence-corrected chi connectivity index (χ3v) is 3.62. The van der Waals surface area contributed by atoms with Crippen molar-refractivity contribution in [3.63, 3.8) is 0 Å². The van der Waals surface area contributed by atoms with Gasteiger partial charge in [0.1, 0.15) is 5.41 Å². The number of carbonyl (C=O) groups excluding carboxylic acids is 1. The van der Waals surface area contributed by atoms with Crippen molar-refractivity contribution in [1.29, 1.82) is 0 Å². The van der Waals surface area contributed by atoms with E-state index >= 15 is 0 Å². The zero-order chi connectivity index (χ0) is 10.3. The maximum atomic E-state index is 11.8. The minimum absolute atomic E-state index is 0.304. The second-order valence-corrected chi connectivity index (χ2v) is 5.04. The molecule has 1 aromatic heterocycles. The molecule has 0 atom stereocenters. The van der Waals surface area contributed by atoms with Crippen LogP contribution < -0.4 is 0 Å². The van der Waals surface area contributed by atoms with Gasteiger partial charge in [0.15, 0.2) is 5.78 Å². The van der Waals surface area contributed by atoms with Gasteiger partial charge >= 0.3 is 5.97 Å². The summed E-state index contributed by atoms with van der Waals surface area (Å²) >= 11 is 6.81. The SMILES string of the molecule is O=C(O)C1(C(=O)c2ccc(Cl)s2)CC1. The standard InChI is InChI=1S/C9H7ClO3S/c10-6-2-1-5(14-6)7(11)9(3-4-9)8(12)13/h1-2H,3-4H2,(H,12,13). The van der Waals surface area contributed by atoms with E-state index in [9.17, 15) is 9.59 Å². The fourth-order valence-corrected chi connectivity index (χ4v) is 2.42. The second kappa shape index (κ2) is 3.07. The first-order valence-corrected chi connectivity index (χ1v) is 5.29. The van der Waals surface area contributed by atoms with E-state index in [0.717, 1.165) is 11.3 Å². The Morgan fingerprint density at radius 2 is 2.07 bits per heavy atom. The van der Waals surface area contributed by atoms with Gasteiger partial charge < -0.3 is 5.11 Å². The average Bonchev–Trinajstić information content (AvgIpc) is 2.84. The van der Waals surface area contributed by atoms with Crippen LogP contribution in [0.5, 0.6) is 0 Å². The van der Waals surface area contributed by atoms with E-state index in [0.29, 0.717) is 22.1 Å². The Balaban J connectivity index is 2.29. The van der Waals surface area contributed by atoms with Crippen LogP contribution in [0.2, 0.25) is 4.34 Å². The highest BCUT2D eigenvalue weighted by Crippen LogP contribution is 2.49. The first kappa shape index (κ1) is 9.68. The summed E-state index contributed by atoms with van der Waals surface area (Å²) < 4.78 is 0.509. The van der Waals surface area contributed by atoms with Crippen LogP contribution in [0.15, 0.2) is 12.1 Å². The molecule has 1 fully saturated rings. The molecule has 1 aromatic rings. The summed E-state index contributed by atoms with van der Waals surface area (Å²) in [6.07, 6.45) is 0.882. The zero-order valence-electron chi connectivity index (χ0n) is 7.12. The fourth-order valence-electron chi connectivity index (χ4n) is 1.34. The predicted molar refractivity (Wildman–Crippen MR) is 53.0 cm³/mol. The topological polar surface area (TPSA) is 54.4 Å². The lowest BCUT2D eigenvalue weighted by molar-refractivity contribution is -0.141. The molecule has 0 spiro atoms. The van der Waals surface area contributed by atoms with Gasteiger partial charge in [0.05, 0.1) is 9.21 Å². The number of halogens is 1. The molecule has 1 aliphatic rings. The first-order chi connectivity index (χ1) is 6.56. The normalized spacial score (nSPS) is 17.8. The Hall–Kier alpha value is -0.870. The molecule has 0 radical (unpaired) electrons. The van der Waals surface area contributed by atoms with Crippen molar-refractivity contribution in [2.24, 2.45) is 5.41 Å². The molecule has 0 aromatic carbocycles. The molecule has 0 saturated heterocycles. The summed E-state index contributed by atoms with van der Waals surface area (Å²) in [5.74, 6) is -1.33. The predicted octanol–water partition coefficient (Wildman–Crippen LogP) is 2.45. The lowest BCUT2D eigenvalue weighted by Gasteiger charge is -2.05. The molecule has 3 nitrogen and oxygen atoms in total. The van der Waals surface area contributed by atoms with E-state index < -0.39 is 11.4 Å². The molecule has 1 saturated carbocycles. The highest BCUT2D eigenvalue weighted by Gasteiger charge is 2.57. The Labute approximate surface area is 89.3 Å². The average molecular weight is 231 g/mol. The van der Waals surface area contributed by atoms with Crippen LogP contribution in [0.4, 0.5) is 0 Å². The molecule has 1 N–H and O–H groups in total. The van der Waals surface area contributed by atoms with E-state index in [1.807, 2.05) is 0 Å². The van der Waals surface area contributed by atoms with E-state index in [-0.39, 0.29) is 5.78 Å². The largest absolute Gasteiger partial charge is 0.480 e. The van der Waals surface area contributed by atoms with E-state index in [4.69, 9.17) is 16.7 Å². The fraction of sp³-hybridized carbons (Fsp3) is 0.333. The number of rotatable bonds is 3. The highest BCUT2D eigenvalue weighted by molar-refractivity contribution is 7.18. The van der Waals surface area contributed by atoms with Crippen LogP contribution in [0.3, 0.4) is 0 Å². The number of carboxylic acid groups (broad SMARTS) is 1. The van der Waals surface area contributed by atoms with Gasteiger partial charge in [-0.2, -0.15) is 0 Å². The first-order valence-electron chi connectivity index (χ1n) is 4.10. The van der Waals surface area contributed by atoms with Crippen molar-refractivity contribution in [2.45, 2.75) is 12.8 Å². The molecule has 0 unspecified atom stereocenters. The van der Waals surface area contributed by atoms with Crippen LogP contribution in [-0.2, 0) is 4.79 Å². The van der Waals surface area contributed by atoms with Crippen molar-refractivity contribution in [1.82, 2.24) is 0 Å². The molecule has 1 heterocycles. The Morgan fingerprint density at radius 3 is 2.43 bits per heavy atom.